The van der Waals surface area contributed by atoms with Gasteiger partial charge in [0.1, 0.15) is 18.5 Å². The molecular weight excluding hydrogens is 226 g/mol. The molecule has 0 atom stereocenters. The van der Waals surface area contributed by atoms with Crippen LogP contribution < -0.4 is 5.73 Å². The molecule has 18 heavy (non-hydrogen) atoms. The van der Waals surface area contributed by atoms with Crippen LogP contribution in [0.2, 0.25) is 0 Å². The van der Waals surface area contributed by atoms with Gasteiger partial charge in [-0.3, -0.25) is 4.57 Å². The van der Waals surface area contributed by atoms with Gasteiger partial charge in [0.25, 0.3) is 0 Å². The second-order valence-corrected chi connectivity index (χ2v) is 4.26. The van der Waals surface area contributed by atoms with Crippen molar-refractivity contribution >= 4 is 16.6 Å². The maximum absolute atomic E-state index is 5.77. The Bertz CT molecular complexity index is 729. The topological polar surface area (TPSA) is 69.6 Å². The third-order valence-corrected chi connectivity index (χ3v) is 3.12. The summed E-state index contributed by atoms with van der Waals surface area (Å²) < 4.78 is 1.97. The molecule has 2 heterocycles. The van der Waals surface area contributed by atoms with E-state index in [2.05, 4.69) is 15.0 Å². The number of fused-ring (bicyclic) bond motifs is 1. The summed E-state index contributed by atoms with van der Waals surface area (Å²) in [5.74, 6) is 0.832. The Labute approximate surface area is 104 Å². The highest BCUT2D eigenvalue weighted by atomic mass is 15.1. The zero-order chi connectivity index (χ0) is 12.7. The van der Waals surface area contributed by atoms with Gasteiger partial charge in [-0.1, -0.05) is 0 Å². The molecule has 2 aromatic heterocycles. The minimum absolute atomic E-state index is 0.700. The maximum Gasteiger partial charge on any atom is 0.149 e. The first kappa shape index (κ1) is 10.7. The molecular formula is C13H13N5. The monoisotopic (exact) mass is 239 g/mol. The van der Waals surface area contributed by atoms with E-state index >= 15 is 0 Å². The smallest absolute Gasteiger partial charge is 0.149 e. The van der Waals surface area contributed by atoms with Gasteiger partial charge < -0.3 is 5.73 Å². The molecule has 0 aliphatic heterocycles. The number of nitrogen functional groups attached to an aromatic ring is 1. The van der Waals surface area contributed by atoms with Crippen LogP contribution in [0.15, 0.2) is 30.9 Å². The van der Waals surface area contributed by atoms with E-state index in [9.17, 15) is 0 Å². The van der Waals surface area contributed by atoms with Gasteiger partial charge in [0, 0.05) is 16.8 Å². The van der Waals surface area contributed by atoms with Crippen LogP contribution in [-0.2, 0) is 0 Å². The standard InChI is InChI=1S/C13H13N5/c1-8-9(2)18(7-17-8)13-11-4-3-10(14)5-12(11)15-6-16-13/h3-7H,14H2,1-2H3. The molecule has 0 fully saturated rings. The molecule has 2 N–H and O–H groups in total. The van der Waals surface area contributed by atoms with E-state index < -0.39 is 0 Å². The molecule has 0 radical (unpaired) electrons. The fraction of sp³-hybridized carbons (Fsp3) is 0.154. The Balaban J connectivity index is 2.33. The van der Waals surface area contributed by atoms with Crippen molar-refractivity contribution in [3.05, 3.63) is 42.2 Å². The van der Waals surface area contributed by atoms with Crippen LogP contribution in [0.25, 0.3) is 16.7 Å². The first-order valence-corrected chi connectivity index (χ1v) is 5.68. The van der Waals surface area contributed by atoms with E-state index in [0.717, 1.165) is 28.1 Å². The second kappa shape index (κ2) is 3.80. The number of hydrogen-bond donors (Lipinski definition) is 1. The third kappa shape index (κ3) is 1.52. The minimum Gasteiger partial charge on any atom is -0.399 e. The molecule has 1 aromatic carbocycles. The molecule has 0 spiro atoms. The first-order valence-electron chi connectivity index (χ1n) is 5.68. The lowest BCUT2D eigenvalue weighted by molar-refractivity contribution is 0.952. The van der Waals surface area contributed by atoms with Crippen LogP contribution in [0.3, 0.4) is 0 Å². The summed E-state index contributed by atoms with van der Waals surface area (Å²) in [6.45, 7) is 4.00. The van der Waals surface area contributed by atoms with E-state index in [4.69, 9.17) is 5.73 Å². The van der Waals surface area contributed by atoms with Gasteiger partial charge in [-0.25, -0.2) is 15.0 Å². The van der Waals surface area contributed by atoms with E-state index in [1.165, 1.54) is 0 Å². The summed E-state index contributed by atoms with van der Waals surface area (Å²) in [6.07, 6.45) is 3.33. The van der Waals surface area contributed by atoms with Gasteiger partial charge in [0.15, 0.2) is 0 Å². The van der Waals surface area contributed by atoms with Gasteiger partial charge in [-0.2, -0.15) is 0 Å². The van der Waals surface area contributed by atoms with Crippen molar-refractivity contribution < 1.29 is 0 Å². The largest absolute Gasteiger partial charge is 0.399 e. The van der Waals surface area contributed by atoms with Crippen molar-refractivity contribution in [2.24, 2.45) is 0 Å². The number of nitrogens with zero attached hydrogens (tertiary/aromatic N) is 4. The number of imidazole rings is 1. The number of nitrogens with two attached hydrogens (primary N) is 1. The molecule has 3 rings (SSSR count). The van der Waals surface area contributed by atoms with Gasteiger partial charge in [0.05, 0.1) is 11.2 Å². The number of benzene rings is 1. The lowest BCUT2D eigenvalue weighted by Crippen LogP contribution is -2.01. The molecule has 0 saturated carbocycles. The molecule has 5 heteroatoms. The summed E-state index contributed by atoms with van der Waals surface area (Å²) in [7, 11) is 0. The first-order chi connectivity index (χ1) is 8.66. The normalized spacial score (nSPS) is 11.0. The van der Waals surface area contributed by atoms with Crippen LogP contribution in [0.4, 0.5) is 5.69 Å². The van der Waals surface area contributed by atoms with Crippen LogP contribution in [-0.4, -0.2) is 19.5 Å². The number of hydrogen-bond acceptors (Lipinski definition) is 4. The van der Waals surface area contributed by atoms with Gasteiger partial charge in [0.2, 0.25) is 0 Å². The summed E-state index contributed by atoms with van der Waals surface area (Å²) >= 11 is 0. The Hall–Kier alpha value is -2.43. The quantitative estimate of drug-likeness (QED) is 0.659. The number of rotatable bonds is 1. The summed E-state index contributed by atoms with van der Waals surface area (Å²) in [5.41, 5.74) is 9.38. The van der Waals surface area contributed by atoms with Crippen molar-refractivity contribution in [2.75, 3.05) is 5.73 Å². The molecule has 0 aliphatic carbocycles. The summed E-state index contributed by atoms with van der Waals surface area (Å²) in [4.78, 5) is 12.9. The van der Waals surface area contributed by atoms with Crippen molar-refractivity contribution in [3.8, 4) is 5.82 Å². The zero-order valence-electron chi connectivity index (χ0n) is 10.3. The second-order valence-electron chi connectivity index (χ2n) is 4.26. The highest BCUT2D eigenvalue weighted by Crippen LogP contribution is 2.22. The van der Waals surface area contributed by atoms with E-state index in [1.807, 2.05) is 36.6 Å². The number of aromatic nitrogens is 4. The Kier molecular flexibility index (Phi) is 2.26. The highest BCUT2D eigenvalue weighted by Gasteiger charge is 2.09. The molecule has 0 unspecified atom stereocenters. The minimum atomic E-state index is 0.700. The van der Waals surface area contributed by atoms with Crippen molar-refractivity contribution in [1.82, 2.24) is 19.5 Å². The SMILES string of the molecule is Cc1ncn(-c2ncnc3cc(N)ccc23)c1C. The van der Waals surface area contributed by atoms with Gasteiger partial charge in [-0.15, -0.1) is 0 Å². The number of aryl methyl sites for hydroxylation is 1. The molecule has 0 aliphatic rings. The Morgan fingerprint density at radius 2 is 1.94 bits per heavy atom. The van der Waals surface area contributed by atoms with E-state index in [1.54, 1.807) is 12.7 Å². The predicted molar refractivity (Wildman–Crippen MR) is 70.5 cm³/mol. The molecule has 0 amide bonds. The van der Waals surface area contributed by atoms with Crippen LogP contribution in [0, 0.1) is 13.8 Å². The zero-order valence-corrected chi connectivity index (χ0v) is 10.3. The number of anilines is 1. The average Bonchev–Trinajstić information content (AvgIpc) is 2.69. The van der Waals surface area contributed by atoms with Crippen molar-refractivity contribution in [3.63, 3.8) is 0 Å². The fourth-order valence-corrected chi connectivity index (χ4v) is 1.96. The van der Waals surface area contributed by atoms with Crippen molar-refractivity contribution in [2.45, 2.75) is 13.8 Å². The predicted octanol–water partition coefficient (Wildman–Crippen LogP) is 2.01. The van der Waals surface area contributed by atoms with Crippen LogP contribution in [0.1, 0.15) is 11.4 Å². The lowest BCUT2D eigenvalue weighted by Gasteiger charge is -2.08. The molecule has 3 aromatic rings. The van der Waals surface area contributed by atoms with Crippen molar-refractivity contribution in [1.29, 1.82) is 0 Å². The fourth-order valence-electron chi connectivity index (χ4n) is 1.96. The molecule has 5 nitrogen and oxygen atoms in total. The Morgan fingerprint density at radius 1 is 1.11 bits per heavy atom. The lowest BCUT2D eigenvalue weighted by atomic mass is 10.2. The highest BCUT2D eigenvalue weighted by molar-refractivity contribution is 5.87. The van der Waals surface area contributed by atoms with E-state index in [0.29, 0.717) is 5.69 Å². The van der Waals surface area contributed by atoms with E-state index in [-0.39, 0.29) is 0 Å². The molecule has 90 valence electrons. The molecule has 0 bridgehead atoms. The maximum atomic E-state index is 5.77. The average molecular weight is 239 g/mol. The molecule has 0 saturated heterocycles. The summed E-state index contributed by atoms with van der Waals surface area (Å²) in [6, 6.07) is 5.64. The van der Waals surface area contributed by atoms with Gasteiger partial charge >= 0.3 is 0 Å². The van der Waals surface area contributed by atoms with Crippen LogP contribution >= 0.6 is 0 Å². The third-order valence-electron chi connectivity index (χ3n) is 3.12. The van der Waals surface area contributed by atoms with Crippen LogP contribution in [0.5, 0.6) is 0 Å². The summed E-state index contributed by atoms with van der Waals surface area (Å²) in [5, 5.41) is 0.965. The van der Waals surface area contributed by atoms with Gasteiger partial charge in [-0.05, 0) is 32.0 Å². The Morgan fingerprint density at radius 3 is 2.67 bits per heavy atom.